The topological polar surface area (TPSA) is 51.6 Å². The summed E-state index contributed by atoms with van der Waals surface area (Å²) in [6.45, 7) is 13.3. The van der Waals surface area contributed by atoms with E-state index < -0.39 is 0 Å². The highest BCUT2D eigenvalue weighted by Gasteiger charge is 2.17. The van der Waals surface area contributed by atoms with Crippen LogP contribution in [0.25, 0.3) is 42.3 Å². The number of hydrogen-bond acceptors (Lipinski definition) is 6. The van der Waals surface area contributed by atoms with Gasteiger partial charge in [-0.2, -0.15) is 0 Å². The molecule has 6 heteroatoms. The van der Waals surface area contributed by atoms with Crippen molar-refractivity contribution in [2.75, 3.05) is 0 Å². The smallest absolute Gasteiger partial charge is 0.138 e. The van der Waals surface area contributed by atoms with Gasteiger partial charge in [0, 0.05) is 22.3 Å². The lowest BCUT2D eigenvalue weighted by atomic mass is 9.87. The summed E-state index contributed by atoms with van der Waals surface area (Å²) in [6, 6.07) is 25.6. The highest BCUT2D eigenvalue weighted by Crippen LogP contribution is 2.35. The van der Waals surface area contributed by atoms with Crippen LogP contribution in [-0.2, 0) is 10.8 Å². The van der Waals surface area contributed by atoms with Gasteiger partial charge < -0.3 is 0 Å². The van der Waals surface area contributed by atoms with Gasteiger partial charge in [-0.15, -0.1) is 20.4 Å². The number of nitrogens with zero attached hydrogens (tertiary/aromatic N) is 4. The Morgan fingerprint density at radius 3 is 1.11 bits per heavy atom. The standard InChI is InChI=1S/C30H30N4S2/c1-29(2,3)23-14-10-19(11-15-23)25-31-33-27(35-25)21-8-7-9-22(18-21)28-34-32-26(36-28)20-12-16-24(17-13-20)30(4,5)6/h7-18H,1-6H3. The highest BCUT2D eigenvalue weighted by molar-refractivity contribution is 7.18. The second kappa shape index (κ2) is 9.34. The van der Waals surface area contributed by atoms with Gasteiger partial charge in [0.25, 0.3) is 0 Å². The van der Waals surface area contributed by atoms with Crippen molar-refractivity contribution in [3.8, 4) is 42.3 Å². The maximum atomic E-state index is 4.49. The van der Waals surface area contributed by atoms with Crippen molar-refractivity contribution in [1.82, 2.24) is 20.4 Å². The van der Waals surface area contributed by atoms with Crippen molar-refractivity contribution in [2.45, 2.75) is 52.4 Å². The van der Waals surface area contributed by atoms with Crippen molar-refractivity contribution in [3.05, 3.63) is 83.9 Å². The first-order valence-electron chi connectivity index (χ1n) is 12.1. The van der Waals surface area contributed by atoms with Gasteiger partial charge in [0.05, 0.1) is 0 Å². The van der Waals surface area contributed by atoms with E-state index in [2.05, 4.69) is 129 Å². The molecule has 4 nitrogen and oxygen atoms in total. The average Bonchev–Trinajstić information content (AvgIpc) is 3.54. The fourth-order valence-electron chi connectivity index (χ4n) is 3.92. The minimum absolute atomic E-state index is 0.131. The number of hydrogen-bond donors (Lipinski definition) is 0. The van der Waals surface area contributed by atoms with Crippen molar-refractivity contribution in [3.63, 3.8) is 0 Å². The Morgan fingerprint density at radius 2 is 0.778 bits per heavy atom. The van der Waals surface area contributed by atoms with E-state index in [4.69, 9.17) is 0 Å². The van der Waals surface area contributed by atoms with Gasteiger partial charge >= 0.3 is 0 Å². The zero-order valence-electron chi connectivity index (χ0n) is 21.5. The first kappa shape index (κ1) is 24.5. The molecule has 2 heterocycles. The molecule has 0 amide bonds. The monoisotopic (exact) mass is 510 g/mol. The molecule has 0 radical (unpaired) electrons. The molecule has 0 bridgehead atoms. The van der Waals surface area contributed by atoms with Crippen molar-refractivity contribution in [2.24, 2.45) is 0 Å². The normalized spacial score (nSPS) is 12.2. The first-order chi connectivity index (χ1) is 17.1. The summed E-state index contributed by atoms with van der Waals surface area (Å²) in [5.41, 5.74) is 7.14. The van der Waals surface area contributed by atoms with E-state index in [9.17, 15) is 0 Å². The molecule has 0 atom stereocenters. The van der Waals surface area contributed by atoms with Crippen molar-refractivity contribution < 1.29 is 0 Å². The summed E-state index contributed by atoms with van der Waals surface area (Å²) in [5.74, 6) is 0. The highest BCUT2D eigenvalue weighted by atomic mass is 32.1. The van der Waals surface area contributed by atoms with E-state index in [-0.39, 0.29) is 10.8 Å². The lowest BCUT2D eigenvalue weighted by molar-refractivity contribution is 0.590. The Bertz CT molecular complexity index is 1370. The molecule has 5 aromatic rings. The van der Waals surface area contributed by atoms with Gasteiger partial charge in [-0.05, 0) is 28.0 Å². The Balaban J connectivity index is 1.38. The number of aromatic nitrogens is 4. The summed E-state index contributed by atoms with van der Waals surface area (Å²) in [5, 5.41) is 21.6. The summed E-state index contributed by atoms with van der Waals surface area (Å²) >= 11 is 3.21. The Morgan fingerprint density at radius 1 is 0.444 bits per heavy atom. The van der Waals surface area contributed by atoms with Crippen molar-refractivity contribution >= 4 is 22.7 Å². The van der Waals surface area contributed by atoms with E-state index >= 15 is 0 Å². The van der Waals surface area contributed by atoms with Crippen LogP contribution in [0.15, 0.2) is 72.8 Å². The van der Waals surface area contributed by atoms with Gasteiger partial charge in [0.15, 0.2) is 0 Å². The van der Waals surface area contributed by atoms with Crippen LogP contribution in [-0.4, -0.2) is 20.4 Å². The molecule has 0 aliphatic rings. The van der Waals surface area contributed by atoms with Gasteiger partial charge in [-0.1, -0.05) is 131 Å². The SMILES string of the molecule is CC(C)(C)c1ccc(-c2nnc(-c3cccc(-c4nnc(-c5ccc(C(C)(C)C)cc5)s4)c3)s2)cc1. The fraction of sp³-hybridized carbons (Fsp3) is 0.267. The third-order valence-corrected chi connectivity index (χ3v) is 8.25. The lowest BCUT2D eigenvalue weighted by Crippen LogP contribution is -2.10. The summed E-state index contributed by atoms with van der Waals surface area (Å²) in [7, 11) is 0. The van der Waals surface area contributed by atoms with Gasteiger partial charge in [0.2, 0.25) is 0 Å². The molecule has 0 aliphatic carbocycles. The van der Waals surface area contributed by atoms with Gasteiger partial charge in [-0.25, -0.2) is 0 Å². The fourth-order valence-corrected chi connectivity index (χ4v) is 5.61. The van der Waals surface area contributed by atoms with Crippen LogP contribution in [0, 0.1) is 0 Å². The Kier molecular flexibility index (Phi) is 6.35. The first-order valence-corrected chi connectivity index (χ1v) is 13.7. The molecule has 0 fully saturated rings. The van der Waals surface area contributed by atoms with E-state index in [1.165, 1.54) is 11.1 Å². The minimum atomic E-state index is 0.131. The van der Waals surface area contributed by atoms with Crippen molar-refractivity contribution in [1.29, 1.82) is 0 Å². The molecule has 182 valence electrons. The van der Waals surface area contributed by atoms with E-state index in [1.807, 2.05) is 6.07 Å². The van der Waals surface area contributed by atoms with Gasteiger partial charge in [0.1, 0.15) is 20.0 Å². The average molecular weight is 511 g/mol. The maximum absolute atomic E-state index is 4.49. The molecule has 0 aliphatic heterocycles. The molecule has 0 saturated carbocycles. The molecule has 0 spiro atoms. The third-order valence-electron chi connectivity index (χ3n) is 6.20. The van der Waals surface area contributed by atoms with E-state index in [0.717, 1.165) is 42.3 Å². The third kappa shape index (κ3) is 5.15. The molecule has 36 heavy (non-hydrogen) atoms. The summed E-state index contributed by atoms with van der Waals surface area (Å²) < 4.78 is 0. The van der Waals surface area contributed by atoms with Crippen LogP contribution in [0.4, 0.5) is 0 Å². The Labute approximate surface area is 221 Å². The van der Waals surface area contributed by atoms with E-state index in [1.54, 1.807) is 22.7 Å². The molecule has 2 aromatic heterocycles. The van der Waals surface area contributed by atoms with Crippen LogP contribution in [0.2, 0.25) is 0 Å². The molecular weight excluding hydrogens is 480 g/mol. The predicted molar refractivity (Wildman–Crippen MR) is 153 cm³/mol. The molecule has 0 saturated heterocycles. The molecular formula is C30H30N4S2. The molecule has 5 rings (SSSR count). The lowest BCUT2D eigenvalue weighted by Gasteiger charge is -2.18. The number of benzene rings is 3. The zero-order chi connectivity index (χ0) is 25.5. The minimum Gasteiger partial charge on any atom is -0.138 e. The maximum Gasteiger partial charge on any atom is 0.148 e. The largest absolute Gasteiger partial charge is 0.148 e. The predicted octanol–water partition coefficient (Wildman–Crippen LogP) is 8.65. The quantitative estimate of drug-likeness (QED) is 0.243. The molecule has 0 unspecified atom stereocenters. The van der Waals surface area contributed by atoms with Crippen LogP contribution < -0.4 is 0 Å². The second-order valence-corrected chi connectivity index (χ2v) is 13.0. The summed E-state index contributed by atoms with van der Waals surface area (Å²) in [6.07, 6.45) is 0. The molecule has 3 aromatic carbocycles. The number of rotatable bonds is 4. The van der Waals surface area contributed by atoms with Crippen LogP contribution in [0.5, 0.6) is 0 Å². The zero-order valence-corrected chi connectivity index (χ0v) is 23.2. The van der Waals surface area contributed by atoms with Crippen LogP contribution in [0.1, 0.15) is 52.7 Å². The summed E-state index contributed by atoms with van der Waals surface area (Å²) in [4.78, 5) is 0. The Hall–Kier alpha value is -3.22. The van der Waals surface area contributed by atoms with Crippen LogP contribution in [0.3, 0.4) is 0 Å². The van der Waals surface area contributed by atoms with Crippen LogP contribution >= 0.6 is 22.7 Å². The van der Waals surface area contributed by atoms with E-state index in [0.29, 0.717) is 0 Å². The van der Waals surface area contributed by atoms with Gasteiger partial charge in [-0.3, -0.25) is 0 Å². The molecule has 0 N–H and O–H groups in total. The second-order valence-electron chi connectivity index (χ2n) is 11.1.